The molecule has 0 radical (unpaired) electrons. The predicted molar refractivity (Wildman–Crippen MR) is 52.8 cm³/mol. The summed E-state index contributed by atoms with van der Waals surface area (Å²) in [5, 5.41) is 0. The Hall–Kier alpha value is -0.770. The van der Waals surface area contributed by atoms with E-state index in [4.69, 9.17) is 10.5 Å². The van der Waals surface area contributed by atoms with Crippen LogP contribution in [0.4, 0.5) is 4.79 Å². The van der Waals surface area contributed by atoms with Crippen LogP contribution in [0.1, 0.15) is 27.2 Å². The zero-order chi connectivity index (χ0) is 10.5. The van der Waals surface area contributed by atoms with E-state index in [1.54, 1.807) is 4.90 Å². The molecule has 14 heavy (non-hydrogen) atoms. The molecule has 1 amide bonds. The Bertz CT molecular complexity index is 259. The second-order valence-corrected chi connectivity index (χ2v) is 5.26. The normalized spacial score (nSPS) is 35.4. The van der Waals surface area contributed by atoms with Crippen LogP contribution in [-0.4, -0.2) is 35.2 Å². The minimum absolute atomic E-state index is 0.189. The molecule has 0 bridgehead atoms. The highest BCUT2D eigenvalue weighted by Gasteiger charge is 2.53. The molecule has 0 aromatic rings. The van der Waals surface area contributed by atoms with Crippen LogP contribution in [0.15, 0.2) is 0 Å². The zero-order valence-corrected chi connectivity index (χ0v) is 8.99. The topological polar surface area (TPSA) is 55.6 Å². The van der Waals surface area contributed by atoms with Gasteiger partial charge in [-0.15, -0.1) is 0 Å². The Labute approximate surface area is 84.4 Å². The van der Waals surface area contributed by atoms with Crippen molar-refractivity contribution in [1.29, 1.82) is 0 Å². The highest BCUT2D eigenvalue weighted by molar-refractivity contribution is 5.70. The molecule has 2 fully saturated rings. The van der Waals surface area contributed by atoms with Gasteiger partial charge >= 0.3 is 6.09 Å². The molecular weight excluding hydrogens is 180 g/mol. The minimum Gasteiger partial charge on any atom is -0.444 e. The number of hydrogen-bond donors (Lipinski definition) is 1. The van der Waals surface area contributed by atoms with Crippen LogP contribution in [0.2, 0.25) is 0 Å². The summed E-state index contributed by atoms with van der Waals surface area (Å²) in [6, 6.07) is 0.665. The van der Waals surface area contributed by atoms with Crippen LogP contribution in [0.5, 0.6) is 0 Å². The van der Waals surface area contributed by atoms with Crippen molar-refractivity contribution in [2.24, 2.45) is 11.7 Å². The SMILES string of the molecule is CC(C)(C)OC(=O)N1CC2[C@H](N)C[C@@H]21. The summed E-state index contributed by atoms with van der Waals surface area (Å²) in [7, 11) is 0. The van der Waals surface area contributed by atoms with Crippen molar-refractivity contribution in [3.05, 3.63) is 0 Å². The number of carbonyl (C=O) groups excluding carboxylic acids is 1. The van der Waals surface area contributed by atoms with Gasteiger partial charge in [-0.3, -0.25) is 0 Å². The van der Waals surface area contributed by atoms with Crippen molar-refractivity contribution in [3.8, 4) is 0 Å². The van der Waals surface area contributed by atoms with E-state index in [2.05, 4.69) is 0 Å². The van der Waals surface area contributed by atoms with Gasteiger partial charge in [0.25, 0.3) is 0 Å². The quantitative estimate of drug-likeness (QED) is 0.630. The summed E-state index contributed by atoms with van der Waals surface area (Å²) in [6.45, 7) is 6.43. The summed E-state index contributed by atoms with van der Waals surface area (Å²) in [5.74, 6) is 0.530. The lowest BCUT2D eigenvalue weighted by atomic mass is 9.67. The molecule has 1 heterocycles. The Kier molecular flexibility index (Phi) is 2.00. The lowest BCUT2D eigenvalue weighted by Crippen LogP contribution is -2.72. The highest BCUT2D eigenvalue weighted by Crippen LogP contribution is 2.41. The molecule has 4 heteroatoms. The second kappa shape index (κ2) is 2.86. The molecule has 3 atom stereocenters. The molecule has 2 rings (SSSR count). The number of likely N-dealkylation sites (tertiary alicyclic amines) is 1. The number of fused-ring (bicyclic) bond motifs is 1. The molecule has 0 aromatic heterocycles. The molecule has 80 valence electrons. The van der Waals surface area contributed by atoms with E-state index in [9.17, 15) is 4.79 Å². The van der Waals surface area contributed by atoms with E-state index < -0.39 is 5.60 Å². The number of hydrogen-bond acceptors (Lipinski definition) is 3. The first kappa shape index (κ1) is 9.77. The second-order valence-electron chi connectivity index (χ2n) is 5.26. The van der Waals surface area contributed by atoms with Crippen LogP contribution in [0.25, 0.3) is 0 Å². The molecule has 0 spiro atoms. The van der Waals surface area contributed by atoms with Gasteiger partial charge in [0.2, 0.25) is 0 Å². The standard InChI is InChI=1S/C10H18N2O2/c1-10(2,3)14-9(13)12-5-6-7(11)4-8(6)12/h6-8H,4-5,11H2,1-3H3/t6?,7-,8+/m1/s1. The van der Waals surface area contributed by atoms with Crippen LogP contribution in [0.3, 0.4) is 0 Å². The number of carbonyl (C=O) groups is 1. The molecule has 4 nitrogen and oxygen atoms in total. The fourth-order valence-corrected chi connectivity index (χ4v) is 2.09. The van der Waals surface area contributed by atoms with Crippen molar-refractivity contribution < 1.29 is 9.53 Å². The Balaban J connectivity index is 1.84. The Morgan fingerprint density at radius 1 is 1.50 bits per heavy atom. The highest BCUT2D eigenvalue weighted by atomic mass is 16.6. The van der Waals surface area contributed by atoms with E-state index in [-0.39, 0.29) is 6.09 Å². The van der Waals surface area contributed by atoms with Gasteiger partial charge in [0.05, 0.1) is 0 Å². The molecule has 1 aliphatic carbocycles. The first-order valence-corrected chi connectivity index (χ1v) is 5.14. The van der Waals surface area contributed by atoms with Gasteiger partial charge in [-0.05, 0) is 27.2 Å². The predicted octanol–water partition coefficient (Wildman–Crippen LogP) is 0.953. The van der Waals surface area contributed by atoms with Gasteiger partial charge in [-0.25, -0.2) is 4.79 Å². The minimum atomic E-state index is -0.395. The monoisotopic (exact) mass is 198 g/mol. The van der Waals surface area contributed by atoms with E-state index in [1.165, 1.54) is 0 Å². The van der Waals surface area contributed by atoms with Crippen LogP contribution in [-0.2, 0) is 4.74 Å². The number of piperidine rings is 1. The molecule has 1 aliphatic heterocycles. The molecule has 1 saturated heterocycles. The van der Waals surface area contributed by atoms with E-state index in [0.29, 0.717) is 18.0 Å². The number of nitrogens with zero attached hydrogens (tertiary/aromatic N) is 1. The summed E-state index contributed by atoms with van der Waals surface area (Å²) in [4.78, 5) is 13.4. The van der Waals surface area contributed by atoms with Gasteiger partial charge in [0.15, 0.2) is 0 Å². The summed E-state index contributed by atoms with van der Waals surface area (Å²) >= 11 is 0. The third-order valence-corrected chi connectivity index (χ3v) is 2.99. The summed E-state index contributed by atoms with van der Waals surface area (Å²) < 4.78 is 5.28. The van der Waals surface area contributed by atoms with Crippen molar-refractivity contribution in [2.75, 3.05) is 6.54 Å². The van der Waals surface area contributed by atoms with Gasteiger partial charge in [-0.1, -0.05) is 0 Å². The first-order chi connectivity index (χ1) is 6.38. The lowest BCUT2D eigenvalue weighted by molar-refractivity contribution is -0.0807. The van der Waals surface area contributed by atoms with Crippen LogP contribution < -0.4 is 5.73 Å². The van der Waals surface area contributed by atoms with Gasteiger partial charge in [0, 0.05) is 24.5 Å². The molecule has 2 aliphatic rings. The lowest BCUT2D eigenvalue weighted by Gasteiger charge is -2.58. The largest absolute Gasteiger partial charge is 0.444 e. The van der Waals surface area contributed by atoms with Crippen molar-refractivity contribution >= 4 is 6.09 Å². The van der Waals surface area contributed by atoms with Crippen molar-refractivity contribution in [3.63, 3.8) is 0 Å². The molecule has 1 saturated carbocycles. The van der Waals surface area contributed by atoms with E-state index in [1.807, 2.05) is 20.8 Å². The van der Waals surface area contributed by atoms with E-state index >= 15 is 0 Å². The maximum absolute atomic E-state index is 11.6. The third kappa shape index (κ3) is 1.47. The average molecular weight is 198 g/mol. The average Bonchev–Trinajstić information content (AvgIpc) is 1.96. The smallest absolute Gasteiger partial charge is 0.410 e. The van der Waals surface area contributed by atoms with Gasteiger partial charge in [0.1, 0.15) is 5.60 Å². The number of nitrogens with two attached hydrogens (primary N) is 1. The maximum atomic E-state index is 11.6. The van der Waals surface area contributed by atoms with Crippen LogP contribution >= 0.6 is 0 Å². The summed E-state index contributed by atoms with van der Waals surface area (Å²) in [6.07, 6.45) is 0.745. The fraction of sp³-hybridized carbons (Fsp3) is 0.900. The van der Waals surface area contributed by atoms with Gasteiger partial charge in [-0.2, -0.15) is 0 Å². The number of amides is 1. The molecule has 2 N–H and O–H groups in total. The first-order valence-electron chi connectivity index (χ1n) is 5.14. The van der Waals surface area contributed by atoms with Crippen LogP contribution in [0, 0.1) is 5.92 Å². The third-order valence-electron chi connectivity index (χ3n) is 2.99. The number of ether oxygens (including phenoxy) is 1. The van der Waals surface area contributed by atoms with Crippen molar-refractivity contribution in [1.82, 2.24) is 4.90 Å². The molecule has 1 unspecified atom stereocenters. The molecular formula is C10H18N2O2. The zero-order valence-electron chi connectivity index (χ0n) is 8.99. The van der Waals surface area contributed by atoms with E-state index in [0.717, 1.165) is 13.0 Å². The van der Waals surface area contributed by atoms with Gasteiger partial charge < -0.3 is 15.4 Å². The Morgan fingerprint density at radius 2 is 2.14 bits per heavy atom. The summed E-state index contributed by atoms with van der Waals surface area (Å²) in [5.41, 5.74) is 5.38. The maximum Gasteiger partial charge on any atom is 0.410 e. The number of rotatable bonds is 0. The fourth-order valence-electron chi connectivity index (χ4n) is 2.09. The van der Waals surface area contributed by atoms with Crippen molar-refractivity contribution in [2.45, 2.75) is 44.9 Å². The Morgan fingerprint density at radius 3 is 2.50 bits per heavy atom. The molecule has 0 aromatic carbocycles.